The molecule has 1 aliphatic heterocycles. The molecule has 1 aliphatic rings. The Balaban J connectivity index is 1.49. The molecule has 2 heterocycles. The summed E-state index contributed by atoms with van der Waals surface area (Å²) in [5.74, 6) is -0.592. The van der Waals surface area contributed by atoms with Gasteiger partial charge in [-0.3, -0.25) is 14.3 Å². The number of aromatic nitrogens is 1. The third-order valence-corrected chi connectivity index (χ3v) is 5.21. The van der Waals surface area contributed by atoms with Gasteiger partial charge in [0.15, 0.2) is 11.4 Å². The SMILES string of the molecule is CCOC(=O)N1CCN(Cn2c(=O)oc3cc(C(=O)c4ccccc4)ccc32)CC1. The minimum atomic E-state index is -0.470. The van der Waals surface area contributed by atoms with E-state index in [9.17, 15) is 14.4 Å². The molecular formula is C22H23N3O5. The number of oxazole rings is 1. The van der Waals surface area contributed by atoms with Crippen LogP contribution in [0.4, 0.5) is 4.79 Å². The number of nitrogens with zero attached hydrogens (tertiary/aromatic N) is 3. The molecule has 2 aromatic carbocycles. The lowest BCUT2D eigenvalue weighted by atomic mass is 10.0. The lowest BCUT2D eigenvalue weighted by Crippen LogP contribution is -2.49. The molecule has 30 heavy (non-hydrogen) atoms. The molecule has 156 valence electrons. The van der Waals surface area contributed by atoms with E-state index in [1.807, 2.05) is 18.2 Å². The number of amides is 1. The number of hydrogen-bond donors (Lipinski definition) is 0. The number of fused-ring (bicyclic) bond motifs is 1. The van der Waals surface area contributed by atoms with Crippen LogP contribution in [0.1, 0.15) is 22.8 Å². The molecule has 0 atom stereocenters. The molecule has 4 rings (SSSR count). The number of carbonyl (C=O) groups excluding carboxylic acids is 2. The summed E-state index contributed by atoms with van der Waals surface area (Å²) < 4.78 is 12.0. The van der Waals surface area contributed by atoms with Gasteiger partial charge in [0.1, 0.15) is 0 Å². The summed E-state index contributed by atoms with van der Waals surface area (Å²) in [6, 6.07) is 14.0. The van der Waals surface area contributed by atoms with Crippen LogP contribution in [0, 0.1) is 0 Å². The maximum Gasteiger partial charge on any atom is 0.421 e. The van der Waals surface area contributed by atoms with Crippen molar-refractivity contribution in [2.45, 2.75) is 13.6 Å². The molecule has 0 saturated carbocycles. The Morgan fingerprint density at radius 1 is 1.00 bits per heavy atom. The van der Waals surface area contributed by atoms with Gasteiger partial charge in [-0.05, 0) is 25.1 Å². The number of ether oxygens (including phenoxy) is 1. The van der Waals surface area contributed by atoms with E-state index in [1.165, 1.54) is 0 Å². The molecule has 0 unspecified atom stereocenters. The summed E-state index contributed by atoms with van der Waals surface area (Å²) >= 11 is 0. The summed E-state index contributed by atoms with van der Waals surface area (Å²) in [6.07, 6.45) is -0.307. The largest absolute Gasteiger partial charge is 0.450 e. The number of hydrogen-bond acceptors (Lipinski definition) is 6. The van der Waals surface area contributed by atoms with E-state index < -0.39 is 5.76 Å². The van der Waals surface area contributed by atoms with Crippen LogP contribution in [-0.4, -0.2) is 59.0 Å². The first kappa shape index (κ1) is 19.9. The number of piperazine rings is 1. The minimum Gasteiger partial charge on any atom is -0.450 e. The van der Waals surface area contributed by atoms with Crippen molar-refractivity contribution >= 4 is 23.0 Å². The minimum absolute atomic E-state index is 0.122. The van der Waals surface area contributed by atoms with Gasteiger partial charge in [0, 0.05) is 37.3 Å². The second-order valence-corrected chi connectivity index (χ2v) is 7.12. The molecule has 0 aliphatic carbocycles. The molecule has 0 radical (unpaired) electrons. The number of rotatable bonds is 5. The van der Waals surface area contributed by atoms with E-state index in [0.717, 1.165) is 0 Å². The van der Waals surface area contributed by atoms with E-state index in [4.69, 9.17) is 9.15 Å². The molecule has 1 aromatic heterocycles. The second kappa shape index (κ2) is 8.54. The maximum atomic E-state index is 12.7. The van der Waals surface area contributed by atoms with Gasteiger partial charge in [-0.25, -0.2) is 9.59 Å². The highest BCUT2D eigenvalue weighted by molar-refractivity contribution is 6.10. The van der Waals surface area contributed by atoms with Gasteiger partial charge in [-0.2, -0.15) is 0 Å². The topological polar surface area (TPSA) is 85.0 Å². The summed E-state index contributed by atoms with van der Waals surface area (Å²) in [4.78, 5) is 40.6. The zero-order valence-electron chi connectivity index (χ0n) is 16.7. The Morgan fingerprint density at radius 3 is 2.43 bits per heavy atom. The number of carbonyl (C=O) groups is 2. The number of benzene rings is 2. The summed E-state index contributed by atoms with van der Waals surface area (Å²) in [7, 11) is 0. The summed E-state index contributed by atoms with van der Waals surface area (Å²) in [5.41, 5.74) is 2.07. The van der Waals surface area contributed by atoms with Crippen molar-refractivity contribution in [2.24, 2.45) is 0 Å². The lowest BCUT2D eigenvalue weighted by molar-refractivity contribution is 0.0705. The van der Waals surface area contributed by atoms with E-state index in [0.29, 0.717) is 61.7 Å². The molecule has 0 spiro atoms. The predicted molar refractivity (Wildman–Crippen MR) is 111 cm³/mol. The zero-order chi connectivity index (χ0) is 21.1. The normalized spacial score (nSPS) is 14.8. The van der Waals surface area contributed by atoms with Crippen LogP contribution in [0.25, 0.3) is 11.1 Å². The predicted octanol–water partition coefficient (Wildman–Crippen LogP) is 2.56. The molecule has 8 nitrogen and oxygen atoms in total. The highest BCUT2D eigenvalue weighted by atomic mass is 16.6. The first-order chi connectivity index (χ1) is 14.6. The fourth-order valence-electron chi connectivity index (χ4n) is 3.58. The van der Waals surface area contributed by atoms with E-state index >= 15 is 0 Å². The van der Waals surface area contributed by atoms with Crippen molar-refractivity contribution in [1.29, 1.82) is 0 Å². The van der Waals surface area contributed by atoms with Gasteiger partial charge in [-0.1, -0.05) is 30.3 Å². The Labute approximate surface area is 173 Å². The van der Waals surface area contributed by atoms with Gasteiger partial charge in [-0.15, -0.1) is 0 Å². The highest BCUT2D eigenvalue weighted by Crippen LogP contribution is 2.19. The van der Waals surface area contributed by atoms with E-state index in [-0.39, 0.29) is 11.9 Å². The van der Waals surface area contributed by atoms with Crippen LogP contribution in [0.2, 0.25) is 0 Å². The van der Waals surface area contributed by atoms with E-state index in [1.54, 1.807) is 46.7 Å². The third-order valence-electron chi connectivity index (χ3n) is 5.21. The van der Waals surface area contributed by atoms with Gasteiger partial charge in [0.25, 0.3) is 0 Å². The Bertz CT molecular complexity index is 1110. The van der Waals surface area contributed by atoms with Crippen molar-refractivity contribution < 1.29 is 18.7 Å². The monoisotopic (exact) mass is 409 g/mol. The Morgan fingerprint density at radius 2 is 1.73 bits per heavy atom. The molecule has 1 amide bonds. The van der Waals surface area contributed by atoms with Gasteiger partial charge < -0.3 is 14.1 Å². The number of ketones is 1. The van der Waals surface area contributed by atoms with Crippen LogP contribution >= 0.6 is 0 Å². The zero-order valence-corrected chi connectivity index (χ0v) is 16.7. The van der Waals surface area contributed by atoms with Gasteiger partial charge in [0.2, 0.25) is 0 Å². The summed E-state index contributed by atoms with van der Waals surface area (Å²) in [5, 5.41) is 0. The highest BCUT2D eigenvalue weighted by Gasteiger charge is 2.23. The van der Waals surface area contributed by atoms with Crippen molar-refractivity contribution in [2.75, 3.05) is 32.8 Å². The molecule has 8 heteroatoms. The van der Waals surface area contributed by atoms with Crippen molar-refractivity contribution in [1.82, 2.24) is 14.4 Å². The molecule has 0 bridgehead atoms. The maximum absolute atomic E-state index is 12.7. The van der Waals surface area contributed by atoms with Crippen molar-refractivity contribution in [3.8, 4) is 0 Å². The molecule has 1 saturated heterocycles. The second-order valence-electron chi connectivity index (χ2n) is 7.12. The van der Waals surface area contributed by atoms with Crippen LogP contribution in [-0.2, 0) is 11.4 Å². The smallest absolute Gasteiger partial charge is 0.421 e. The van der Waals surface area contributed by atoms with Crippen LogP contribution in [0.15, 0.2) is 57.7 Å². The van der Waals surface area contributed by atoms with Crippen molar-refractivity contribution in [3.05, 3.63) is 70.2 Å². The van der Waals surface area contributed by atoms with Crippen LogP contribution in [0.3, 0.4) is 0 Å². The average molecular weight is 409 g/mol. The fourth-order valence-corrected chi connectivity index (χ4v) is 3.58. The fraction of sp³-hybridized carbons (Fsp3) is 0.318. The van der Waals surface area contributed by atoms with Crippen molar-refractivity contribution in [3.63, 3.8) is 0 Å². The third kappa shape index (κ3) is 3.99. The lowest BCUT2D eigenvalue weighted by Gasteiger charge is -2.33. The standard InChI is InChI=1S/C22H23N3O5/c1-2-29-21(27)24-12-10-23(11-13-24)15-25-18-9-8-17(14-19(18)30-22(25)28)20(26)16-6-4-3-5-7-16/h3-9,14H,2,10-13,15H2,1H3. The molecule has 0 N–H and O–H groups in total. The Kier molecular flexibility index (Phi) is 5.67. The van der Waals surface area contributed by atoms with Gasteiger partial charge >= 0.3 is 11.8 Å². The van der Waals surface area contributed by atoms with Gasteiger partial charge in [0.05, 0.1) is 18.8 Å². The van der Waals surface area contributed by atoms with Crippen LogP contribution < -0.4 is 5.76 Å². The molecule has 1 fully saturated rings. The summed E-state index contributed by atoms with van der Waals surface area (Å²) in [6.45, 7) is 4.82. The average Bonchev–Trinajstić information content (AvgIpc) is 3.08. The van der Waals surface area contributed by atoms with E-state index in [2.05, 4.69) is 4.90 Å². The first-order valence-corrected chi connectivity index (χ1v) is 9.94. The first-order valence-electron chi connectivity index (χ1n) is 9.94. The van der Waals surface area contributed by atoms with Crippen LogP contribution in [0.5, 0.6) is 0 Å². The Hall–Kier alpha value is -3.39. The molecular weight excluding hydrogens is 386 g/mol. The molecule has 3 aromatic rings. The quantitative estimate of drug-likeness (QED) is 0.602.